The van der Waals surface area contributed by atoms with E-state index in [0.717, 1.165) is 13.1 Å². The van der Waals surface area contributed by atoms with Crippen molar-refractivity contribution in [3.8, 4) is 0 Å². The monoisotopic (exact) mass is 180 g/mol. The predicted octanol–water partition coefficient (Wildman–Crippen LogP) is 0.0459. The SMILES string of the molecule is C1CNCCNC1.c1cncnc1. The molecule has 13 heavy (non-hydrogen) atoms. The van der Waals surface area contributed by atoms with Gasteiger partial charge in [-0.15, -0.1) is 0 Å². The highest BCUT2D eigenvalue weighted by molar-refractivity contribution is 4.74. The van der Waals surface area contributed by atoms with Crippen molar-refractivity contribution in [2.45, 2.75) is 6.42 Å². The molecule has 0 spiro atoms. The molecule has 1 aliphatic heterocycles. The van der Waals surface area contributed by atoms with E-state index in [2.05, 4.69) is 20.6 Å². The van der Waals surface area contributed by atoms with Crippen molar-refractivity contribution in [3.63, 3.8) is 0 Å². The standard InChI is InChI=1S/C5H12N2.C4H4N2/c1-2-6-4-5-7-3-1;1-2-5-4-6-3-1/h6-7H,1-5H2;1-4H. The Morgan fingerprint density at radius 3 is 1.85 bits per heavy atom. The molecule has 0 bridgehead atoms. The summed E-state index contributed by atoms with van der Waals surface area (Å²) in [4.78, 5) is 7.35. The molecule has 2 heterocycles. The lowest BCUT2D eigenvalue weighted by atomic mass is 10.4. The molecule has 2 rings (SSSR count). The average molecular weight is 180 g/mol. The highest BCUT2D eigenvalue weighted by atomic mass is 15.0. The van der Waals surface area contributed by atoms with E-state index in [1.807, 2.05) is 0 Å². The lowest BCUT2D eigenvalue weighted by Crippen LogP contribution is -2.21. The van der Waals surface area contributed by atoms with Crippen molar-refractivity contribution >= 4 is 0 Å². The number of hydrogen-bond acceptors (Lipinski definition) is 4. The second-order valence-electron chi connectivity index (χ2n) is 2.76. The third-order valence-electron chi connectivity index (χ3n) is 1.66. The number of aromatic nitrogens is 2. The summed E-state index contributed by atoms with van der Waals surface area (Å²) in [7, 11) is 0. The van der Waals surface area contributed by atoms with Crippen LogP contribution in [0, 0.1) is 0 Å². The largest absolute Gasteiger partial charge is 0.315 e. The van der Waals surface area contributed by atoms with Crippen molar-refractivity contribution in [1.29, 1.82) is 0 Å². The third kappa shape index (κ3) is 6.19. The average Bonchev–Trinajstić information content (AvgIpc) is 2.53. The summed E-state index contributed by atoms with van der Waals surface area (Å²) in [6.45, 7) is 4.65. The van der Waals surface area contributed by atoms with Crippen LogP contribution in [0.3, 0.4) is 0 Å². The molecule has 0 amide bonds. The van der Waals surface area contributed by atoms with Gasteiger partial charge in [0.05, 0.1) is 0 Å². The molecule has 2 N–H and O–H groups in total. The van der Waals surface area contributed by atoms with Crippen LogP contribution in [-0.2, 0) is 0 Å². The molecule has 1 aromatic rings. The van der Waals surface area contributed by atoms with Crippen LogP contribution in [0.25, 0.3) is 0 Å². The molecule has 0 atom stereocenters. The Morgan fingerprint density at radius 2 is 1.46 bits per heavy atom. The third-order valence-corrected chi connectivity index (χ3v) is 1.66. The lowest BCUT2D eigenvalue weighted by Gasteiger charge is -1.92. The van der Waals surface area contributed by atoms with Crippen molar-refractivity contribution in [2.75, 3.05) is 26.2 Å². The second-order valence-corrected chi connectivity index (χ2v) is 2.76. The summed E-state index contributed by atoms with van der Waals surface area (Å²) in [6, 6.07) is 1.78. The van der Waals surface area contributed by atoms with Crippen LogP contribution >= 0.6 is 0 Å². The summed E-state index contributed by atoms with van der Waals surface area (Å²) in [5.74, 6) is 0. The zero-order chi connectivity index (χ0) is 9.19. The maximum Gasteiger partial charge on any atom is 0.115 e. The number of nitrogens with zero attached hydrogens (tertiary/aromatic N) is 2. The minimum Gasteiger partial charge on any atom is -0.315 e. The van der Waals surface area contributed by atoms with Gasteiger partial charge in [-0.2, -0.15) is 0 Å². The number of hydrogen-bond donors (Lipinski definition) is 2. The first kappa shape index (κ1) is 10.1. The van der Waals surface area contributed by atoms with E-state index in [0.29, 0.717) is 0 Å². The van der Waals surface area contributed by atoms with E-state index in [1.54, 1.807) is 18.5 Å². The van der Waals surface area contributed by atoms with Gasteiger partial charge in [0.1, 0.15) is 6.33 Å². The predicted molar refractivity (Wildman–Crippen MR) is 52.4 cm³/mol. The molecule has 1 aromatic heterocycles. The van der Waals surface area contributed by atoms with E-state index in [4.69, 9.17) is 0 Å². The van der Waals surface area contributed by atoms with Gasteiger partial charge >= 0.3 is 0 Å². The Hall–Kier alpha value is -1.00. The molecule has 4 nitrogen and oxygen atoms in total. The summed E-state index contributed by atoms with van der Waals surface area (Å²) in [6.07, 6.45) is 6.15. The maximum atomic E-state index is 3.67. The van der Waals surface area contributed by atoms with Crippen LogP contribution in [0.2, 0.25) is 0 Å². The summed E-state index contributed by atoms with van der Waals surface area (Å²) < 4.78 is 0. The van der Waals surface area contributed by atoms with Crippen LogP contribution in [0.15, 0.2) is 24.8 Å². The molecule has 1 aliphatic rings. The van der Waals surface area contributed by atoms with Gasteiger partial charge in [0.15, 0.2) is 0 Å². The highest BCUT2D eigenvalue weighted by Crippen LogP contribution is 1.75. The molecule has 0 aliphatic carbocycles. The Bertz CT molecular complexity index is 144. The molecule has 4 heteroatoms. The quantitative estimate of drug-likeness (QED) is 0.592. The molecule has 0 aromatic carbocycles. The smallest absolute Gasteiger partial charge is 0.115 e. The van der Waals surface area contributed by atoms with Crippen LogP contribution in [0.4, 0.5) is 0 Å². The van der Waals surface area contributed by atoms with Gasteiger partial charge in [-0.25, -0.2) is 9.97 Å². The second kappa shape index (κ2) is 7.64. The minimum atomic E-state index is 1.14. The molecule has 0 saturated carbocycles. The van der Waals surface area contributed by atoms with E-state index >= 15 is 0 Å². The van der Waals surface area contributed by atoms with Gasteiger partial charge < -0.3 is 10.6 Å². The van der Waals surface area contributed by atoms with Gasteiger partial charge in [0.25, 0.3) is 0 Å². The van der Waals surface area contributed by atoms with Gasteiger partial charge in [-0.05, 0) is 25.6 Å². The van der Waals surface area contributed by atoms with Gasteiger partial charge in [0.2, 0.25) is 0 Å². The topological polar surface area (TPSA) is 49.8 Å². The van der Waals surface area contributed by atoms with Crippen LogP contribution in [0.1, 0.15) is 6.42 Å². The van der Waals surface area contributed by atoms with E-state index in [1.165, 1.54) is 25.8 Å². The fraction of sp³-hybridized carbons (Fsp3) is 0.556. The van der Waals surface area contributed by atoms with Crippen molar-refractivity contribution < 1.29 is 0 Å². The zero-order valence-electron chi connectivity index (χ0n) is 7.74. The Morgan fingerprint density at radius 1 is 0.846 bits per heavy atom. The number of rotatable bonds is 0. The molecular weight excluding hydrogens is 164 g/mol. The van der Waals surface area contributed by atoms with Gasteiger partial charge in [-0.3, -0.25) is 0 Å². The van der Waals surface area contributed by atoms with Crippen molar-refractivity contribution in [1.82, 2.24) is 20.6 Å². The van der Waals surface area contributed by atoms with Crippen LogP contribution < -0.4 is 10.6 Å². The molecule has 1 saturated heterocycles. The first-order valence-corrected chi connectivity index (χ1v) is 4.61. The molecule has 0 radical (unpaired) electrons. The maximum absolute atomic E-state index is 3.67. The summed E-state index contributed by atoms with van der Waals surface area (Å²) in [5, 5.41) is 6.57. The van der Waals surface area contributed by atoms with E-state index in [-0.39, 0.29) is 0 Å². The van der Waals surface area contributed by atoms with Gasteiger partial charge in [0, 0.05) is 25.5 Å². The van der Waals surface area contributed by atoms with E-state index < -0.39 is 0 Å². The molecular formula is C9H16N4. The molecule has 0 unspecified atom stereocenters. The Balaban J connectivity index is 0.000000132. The number of nitrogens with one attached hydrogen (secondary N) is 2. The normalized spacial score (nSPS) is 16.6. The van der Waals surface area contributed by atoms with E-state index in [9.17, 15) is 0 Å². The van der Waals surface area contributed by atoms with Crippen molar-refractivity contribution in [2.24, 2.45) is 0 Å². The summed E-state index contributed by atoms with van der Waals surface area (Å²) in [5.41, 5.74) is 0. The lowest BCUT2D eigenvalue weighted by molar-refractivity contribution is 0.718. The first-order valence-electron chi connectivity index (χ1n) is 4.61. The fourth-order valence-electron chi connectivity index (χ4n) is 1.02. The molecule has 72 valence electrons. The van der Waals surface area contributed by atoms with Gasteiger partial charge in [-0.1, -0.05) is 0 Å². The van der Waals surface area contributed by atoms with Crippen molar-refractivity contribution in [3.05, 3.63) is 24.8 Å². The highest BCUT2D eigenvalue weighted by Gasteiger charge is 1.92. The Labute approximate surface area is 78.8 Å². The zero-order valence-corrected chi connectivity index (χ0v) is 7.74. The fourth-order valence-corrected chi connectivity index (χ4v) is 1.02. The summed E-state index contributed by atoms with van der Waals surface area (Å²) >= 11 is 0. The molecule has 1 fully saturated rings. The van der Waals surface area contributed by atoms with Crippen LogP contribution in [0.5, 0.6) is 0 Å². The Kier molecular flexibility index (Phi) is 5.93. The van der Waals surface area contributed by atoms with Crippen LogP contribution in [-0.4, -0.2) is 36.1 Å². The first-order chi connectivity index (χ1) is 6.50. The minimum absolute atomic E-state index is 1.14.